The van der Waals surface area contributed by atoms with Crippen molar-refractivity contribution >= 4 is 56.5 Å². The Bertz CT molecular complexity index is 1000. The number of aromatic amines is 1. The second kappa shape index (κ2) is 7.44. The van der Waals surface area contributed by atoms with Gasteiger partial charge in [-0.3, -0.25) is 9.48 Å². The van der Waals surface area contributed by atoms with Crippen LogP contribution in [0.15, 0.2) is 35.1 Å². The van der Waals surface area contributed by atoms with E-state index in [1.165, 1.54) is 6.20 Å². The first-order valence-corrected chi connectivity index (χ1v) is 8.56. The van der Waals surface area contributed by atoms with E-state index in [1.807, 2.05) is 6.07 Å². The van der Waals surface area contributed by atoms with Crippen molar-refractivity contribution in [3.8, 4) is 0 Å². The largest absolute Gasteiger partial charge is 0.358 e. The zero-order chi connectivity index (χ0) is 18.8. The van der Waals surface area contributed by atoms with Crippen LogP contribution in [0, 0.1) is 10.1 Å². The summed E-state index contributed by atoms with van der Waals surface area (Å²) in [6.45, 7) is 0.421. The third-order valence-corrected chi connectivity index (χ3v) is 4.80. The van der Waals surface area contributed by atoms with Gasteiger partial charge in [-0.1, -0.05) is 34.4 Å². The van der Waals surface area contributed by atoms with Gasteiger partial charge < -0.3 is 15.4 Å². The summed E-state index contributed by atoms with van der Waals surface area (Å²) in [5.41, 5.74) is 1.16. The Kier molecular flexibility index (Phi) is 5.25. The Balaban J connectivity index is 1.71. The van der Waals surface area contributed by atoms with Gasteiger partial charge in [-0.25, -0.2) is 0 Å². The summed E-state index contributed by atoms with van der Waals surface area (Å²) >= 11 is 14.8. The molecule has 0 aliphatic heterocycles. The molecule has 2 aromatic heterocycles. The zero-order valence-corrected chi connectivity index (χ0v) is 15.8. The van der Waals surface area contributed by atoms with Crippen LogP contribution in [0.4, 0.5) is 11.5 Å². The molecule has 0 saturated carbocycles. The SMILES string of the molecule is O=C(Nc1cnn(Cc2ccc(Cl)c(Cl)c2)c1)c1n[nH]c([N+](=O)[O-])c1Br. The molecule has 2 heterocycles. The molecular weight excluding hydrogens is 451 g/mol. The number of nitro groups is 1. The molecule has 0 fully saturated rings. The highest BCUT2D eigenvalue weighted by Gasteiger charge is 2.24. The van der Waals surface area contributed by atoms with Crippen LogP contribution in [0.1, 0.15) is 16.1 Å². The molecule has 3 rings (SSSR count). The number of anilines is 1. The van der Waals surface area contributed by atoms with Crippen LogP contribution in [0.25, 0.3) is 0 Å². The first-order valence-electron chi connectivity index (χ1n) is 7.01. The smallest absolute Gasteiger partial charge is 0.357 e. The third kappa shape index (κ3) is 3.87. The number of amides is 1. The van der Waals surface area contributed by atoms with Gasteiger partial charge in [0.15, 0.2) is 5.69 Å². The quantitative estimate of drug-likeness (QED) is 0.443. The van der Waals surface area contributed by atoms with Crippen LogP contribution < -0.4 is 5.32 Å². The number of nitrogens with one attached hydrogen (secondary N) is 2. The molecule has 12 heteroatoms. The van der Waals surface area contributed by atoms with Crippen molar-refractivity contribution in [1.82, 2.24) is 20.0 Å². The van der Waals surface area contributed by atoms with E-state index in [0.29, 0.717) is 22.3 Å². The number of benzene rings is 1. The van der Waals surface area contributed by atoms with Crippen molar-refractivity contribution in [2.75, 3.05) is 5.32 Å². The lowest BCUT2D eigenvalue weighted by Gasteiger charge is -2.03. The van der Waals surface area contributed by atoms with Gasteiger partial charge in [-0.2, -0.15) is 5.10 Å². The molecular formula is C14H9BrCl2N6O3. The van der Waals surface area contributed by atoms with Crippen LogP contribution in [0.5, 0.6) is 0 Å². The lowest BCUT2D eigenvalue weighted by atomic mass is 10.2. The van der Waals surface area contributed by atoms with Crippen molar-refractivity contribution in [3.63, 3.8) is 0 Å². The summed E-state index contributed by atoms with van der Waals surface area (Å²) < 4.78 is 1.57. The monoisotopic (exact) mass is 458 g/mol. The number of aromatic nitrogens is 4. The zero-order valence-electron chi connectivity index (χ0n) is 12.7. The van der Waals surface area contributed by atoms with Crippen molar-refractivity contribution in [2.45, 2.75) is 6.54 Å². The van der Waals surface area contributed by atoms with Crippen LogP contribution in [0.2, 0.25) is 10.0 Å². The highest BCUT2D eigenvalue weighted by molar-refractivity contribution is 9.10. The Morgan fingerprint density at radius 3 is 2.81 bits per heavy atom. The molecule has 134 valence electrons. The van der Waals surface area contributed by atoms with Gasteiger partial charge in [0.1, 0.15) is 4.47 Å². The Morgan fingerprint density at radius 1 is 1.38 bits per heavy atom. The standard InChI is InChI=1S/C14H9BrCl2N6O3/c15-11-12(20-21-13(11)23(25)26)14(24)19-8-4-18-22(6-8)5-7-1-2-9(16)10(17)3-7/h1-4,6H,5H2,(H,19,24)(H,20,21). The molecule has 0 aliphatic rings. The average molecular weight is 460 g/mol. The summed E-state index contributed by atoms with van der Waals surface area (Å²) in [5.74, 6) is -1.01. The average Bonchev–Trinajstić information content (AvgIpc) is 3.17. The van der Waals surface area contributed by atoms with Gasteiger partial charge in [0.25, 0.3) is 5.91 Å². The number of carbonyl (C=O) groups is 1. The summed E-state index contributed by atoms with van der Waals surface area (Å²) in [5, 5.41) is 24.2. The highest BCUT2D eigenvalue weighted by Crippen LogP contribution is 2.26. The fourth-order valence-corrected chi connectivity index (χ4v) is 2.94. The third-order valence-electron chi connectivity index (χ3n) is 3.31. The molecule has 0 atom stereocenters. The number of H-pyrrole nitrogens is 1. The van der Waals surface area contributed by atoms with E-state index in [4.69, 9.17) is 23.2 Å². The molecule has 1 amide bonds. The van der Waals surface area contributed by atoms with Gasteiger partial charge in [-0.15, -0.1) is 5.10 Å². The van der Waals surface area contributed by atoms with E-state index in [9.17, 15) is 14.9 Å². The van der Waals surface area contributed by atoms with Crippen molar-refractivity contribution in [1.29, 1.82) is 0 Å². The summed E-state index contributed by atoms with van der Waals surface area (Å²) in [6, 6.07) is 5.23. The van der Waals surface area contributed by atoms with Crippen LogP contribution in [-0.4, -0.2) is 30.8 Å². The Morgan fingerprint density at radius 2 is 2.15 bits per heavy atom. The fraction of sp³-hybridized carbons (Fsp3) is 0.0714. The predicted molar refractivity (Wildman–Crippen MR) is 98.7 cm³/mol. The molecule has 0 radical (unpaired) electrons. The molecule has 0 saturated heterocycles. The fourth-order valence-electron chi connectivity index (χ4n) is 2.12. The Hall–Kier alpha value is -2.43. The van der Waals surface area contributed by atoms with E-state index in [0.717, 1.165) is 5.56 Å². The molecule has 26 heavy (non-hydrogen) atoms. The molecule has 0 unspecified atom stereocenters. The molecule has 9 nitrogen and oxygen atoms in total. The van der Waals surface area contributed by atoms with Crippen molar-refractivity contribution in [2.24, 2.45) is 0 Å². The second-order valence-electron chi connectivity index (χ2n) is 5.12. The van der Waals surface area contributed by atoms with E-state index in [-0.39, 0.29) is 10.2 Å². The lowest BCUT2D eigenvalue weighted by molar-refractivity contribution is -0.390. The minimum atomic E-state index is -0.677. The van der Waals surface area contributed by atoms with Crippen LogP contribution >= 0.6 is 39.1 Å². The first kappa shape index (κ1) is 18.4. The number of carbonyl (C=O) groups excluding carboxylic acids is 1. The number of halogens is 3. The summed E-state index contributed by atoms with van der Waals surface area (Å²) in [7, 11) is 0. The highest BCUT2D eigenvalue weighted by atomic mass is 79.9. The molecule has 0 aliphatic carbocycles. The normalized spacial score (nSPS) is 10.7. The van der Waals surface area contributed by atoms with Gasteiger partial charge >= 0.3 is 5.82 Å². The maximum absolute atomic E-state index is 12.2. The van der Waals surface area contributed by atoms with Crippen LogP contribution in [0.3, 0.4) is 0 Å². The maximum atomic E-state index is 12.2. The van der Waals surface area contributed by atoms with Crippen LogP contribution in [-0.2, 0) is 6.54 Å². The van der Waals surface area contributed by atoms with Gasteiger partial charge in [-0.05, 0) is 38.5 Å². The van der Waals surface area contributed by atoms with Gasteiger partial charge in [0.2, 0.25) is 0 Å². The predicted octanol–water partition coefficient (Wildman–Crippen LogP) is 3.88. The van der Waals surface area contributed by atoms with Gasteiger partial charge in [0.05, 0.1) is 28.5 Å². The van der Waals surface area contributed by atoms with E-state index in [1.54, 1.807) is 23.0 Å². The Labute approximate surface area is 164 Å². The van der Waals surface area contributed by atoms with E-state index < -0.39 is 16.6 Å². The maximum Gasteiger partial charge on any atom is 0.357 e. The minimum absolute atomic E-state index is 0.0248. The minimum Gasteiger partial charge on any atom is -0.358 e. The van der Waals surface area contributed by atoms with Crippen molar-refractivity contribution < 1.29 is 9.72 Å². The molecule has 3 aromatic rings. The topological polar surface area (TPSA) is 119 Å². The molecule has 2 N–H and O–H groups in total. The van der Waals surface area contributed by atoms with Crippen molar-refractivity contribution in [3.05, 3.63) is 66.5 Å². The van der Waals surface area contributed by atoms with Gasteiger partial charge in [0, 0.05) is 6.20 Å². The summed E-state index contributed by atoms with van der Waals surface area (Å²) in [6.07, 6.45) is 3.06. The molecule has 1 aromatic carbocycles. The molecule has 0 bridgehead atoms. The molecule has 0 spiro atoms. The first-order chi connectivity index (χ1) is 12.3. The number of rotatable bonds is 5. The number of hydrogen-bond acceptors (Lipinski definition) is 5. The summed E-state index contributed by atoms with van der Waals surface area (Å²) in [4.78, 5) is 22.3. The lowest BCUT2D eigenvalue weighted by Crippen LogP contribution is -2.12. The number of hydrogen-bond donors (Lipinski definition) is 2. The van der Waals surface area contributed by atoms with E-state index in [2.05, 4.69) is 36.5 Å². The number of nitrogens with zero attached hydrogens (tertiary/aromatic N) is 4. The second-order valence-corrected chi connectivity index (χ2v) is 6.73. The van der Waals surface area contributed by atoms with E-state index >= 15 is 0 Å².